The number of hydrogen-bond donors (Lipinski definition) is 1. The lowest BCUT2D eigenvalue weighted by Gasteiger charge is -2.12. The molecule has 0 aliphatic carbocycles. The Morgan fingerprint density at radius 1 is 1.03 bits per heavy atom. The molecule has 4 rings (SSSR count). The van der Waals surface area contributed by atoms with Gasteiger partial charge in [-0.2, -0.15) is 0 Å². The predicted molar refractivity (Wildman–Crippen MR) is 134 cm³/mol. The van der Waals surface area contributed by atoms with Crippen LogP contribution in [0.4, 0.5) is 11.4 Å². The second-order valence-corrected chi connectivity index (χ2v) is 8.66. The molecular weight excluding hydrogens is 466 g/mol. The quantitative estimate of drug-likeness (QED) is 0.198. The van der Waals surface area contributed by atoms with Crippen LogP contribution < -0.4 is 10.1 Å². The molecule has 9 nitrogen and oxygen atoms in total. The number of carbonyl (C=O) groups is 1. The summed E-state index contributed by atoms with van der Waals surface area (Å²) in [6.45, 7) is 3.95. The first kappa shape index (κ1) is 24.0. The summed E-state index contributed by atoms with van der Waals surface area (Å²) in [5.74, 6) is 1.10. The maximum absolute atomic E-state index is 12.6. The van der Waals surface area contributed by atoms with Crippen LogP contribution in [0.3, 0.4) is 0 Å². The molecule has 3 aromatic carbocycles. The summed E-state index contributed by atoms with van der Waals surface area (Å²) in [5, 5.41) is 22.9. The van der Waals surface area contributed by atoms with E-state index in [2.05, 4.69) is 15.5 Å². The molecule has 10 heteroatoms. The van der Waals surface area contributed by atoms with Gasteiger partial charge in [0.15, 0.2) is 11.0 Å². The standard InChI is InChI=1S/C25H23N5O4S/c1-17-12-13-20(30(32)33)14-21(17)26-24(31)16-35-25-28-27-23(29(25)19-9-4-3-5-10-19)15-34-22-11-7-6-8-18(22)2/h3-14H,15-16H2,1-2H3,(H,26,31). The van der Waals surface area contributed by atoms with E-state index < -0.39 is 4.92 Å². The van der Waals surface area contributed by atoms with Gasteiger partial charge in [-0.25, -0.2) is 0 Å². The number of aryl methyl sites for hydroxylation is 2. The average molecular weight is 490 g/mol. The molecule has 1 amide bonds. The zero-order chi connectivity index (χ0) is 24.8. The van der Waals surface area contributed by atoms with Crippen molar-refractivity contribution in [2.24, 2.45) is 0 Å². The molecule has 0 aliphatic heterocycles. The SMILES string of the molecule is Cc1ccc([N+](=O)[O-])cc1NC(=O)CSc1nnc(COc2ccccc2C)n1-c1ccccc1. The third kappa shape index (κ3) is 5.85. The first-order chi connectivity index (χ1) is 16.9. The maximum atomic E-state index is 12.6. The lowest BCUT2D eigenvalue weighted by Crippen LogP contribution is -2.15. The van der Waals surface area contributed by atoms with Crippen LogP contribution in [0.1, 0.15) is 17.0 Å². The summed E-state index contributed by atoms with van der Waals surface area (Å²) in [4.78, 5) is 23.2. The number of nitrogens with one attached hydrogen (secondary N) is 1. The highest BCUT2D eigenvalue weighted by atomic mass is 32.2. The number of nitro groups is 1. The van der Waals surface area contributed by atoms with Gasteiger partial charge in [-0.05, 0) is 43.2 Å². The summed E-state index contributed by atoms with van der Waals surface area (Å²) >= 11 is 1.22. The number of benzene rings is 3. The van der Waals surface area contributed by atoms with Crippen molar-refractivity contribution in [2.75, 3.05) is 11.1 Å². The van der Waals surface area contributed by atoms with Gasteiger partial charge in [0.05, 0.1) is 16.4 Å². The number of carbonyl (C=O) groups excluding carboxylic acids is 1. The van der Waals surface area contributed by atoms with Crippen LogP contribution in [-0.4, -0.2) is 31.3 Å². The highest BCUT2D eigenvalue weighted by Gasteiger charge is 2.18. The fourth-order valence-electron chi connectivity index (χ4n) is 3.36. The zero-order valence-corrected chi connectivity index (χ0v) is 20.0. The van der Waals surface area contributed by atoms with Gasteiger partial charge < -0.3 is 10.1 Å². The van der Waals surface area contributed by atoms with Crippen molar-refractivity contribution in [1.29, 1.82) is 0 Å². The number of nitrogens with zero attached hydrogens (tertiary/aromatic N) is 4. The molecule has 0 unspecified atom stereocenters. The maximum Gasteiger partial charge on any atom is 0.271 e. The molecule has 0 bridgehead atoms. The fraction of sp³-hybridized carbons (Fsp3) is 0.160. The molecule has 1 N–H and O–H groups in total. The molecule has 1 heterocycles. The van der Waals surface area contributed by atoms with Gasteiger partial charge in [0.2, 0.25) is 5.91 Å². The van der Waals surface area contributed by atoms with E-state index in [0.29, 0.717) is 16.7 Å². The van der Waals surface area contributed by atoms with Crippen LogP contribution >= 0.6 is 11.8 Å². The topological polar surface area (TPSA) is 112 Å². The van der Waals surface area contributed by atoms with Crippen molar-refractivity contribution >= 4 is 29.0 Å². The summed E-state index contributed by atoms with van der Waals surface area (Å²) in [6.07, 6.45) is 0. The summed E-state index contributed by atoms with van der Waals surface area (Å²) < 4.78 is 7.84. The van der Waals surface area contributed by atoms with Gasteiger partial charge in [-0.1, -0.05) is 54.2 Å². The Balaban J connectivity index is 1.50. The Kier molecular flexibility index (Phi) is 7.41. The lowest BCUT2D eigenvalue weighted by molar-refractivity contribution is -0.384. The Bertz CT molecular complexity index is 1360. The number of hydrogen-bond acceptors (Lipinski definition) is 7. The molecule has 0 radical (unpaired) electrons. The largest absolute Gasteiger partial charge is 0.485 e. The Morgan fingerprint density at radius 3 is 2.51 bits per heavy atom. The average Bonchev–Trinajstić information content (AvgIpc) is 3.27. The van der Waals surface area contributed by atoms with E-state index in [1.54, 1.807) is 13.0 Å². The van der Waals surface area contributed by atoms with E-state index in [-0.39, 0.29) is 24.0 Å². The van der Waals surface area contributed by atoms with Crippen LogP contribution in [0.2, 0.25) is 0 Å². The number of thioether (sulfide) groups is 1. The second kappa shape index (κ2) is 10.8. The fourth-order valence-corrected chi connectivity index (χ4v) is 4.13. The number of nitro benzene ring substituents is 1. The number of rotatable bonds is 9. The van der Waals surface area contributed by atoms with Crippen molar-refractivity contribution in [2.45, 2.75) is 25.6 Å². The molecular formula is C25H23N5O4S. The van der Waals surface area contributed by atoms with Crippen molar-refractivity contribution in [3.05, 3.63) is 99.9 Å². The molecule has 1 aromatic heterocycles. The van der Waals surface area contributed by atoms with Gasteiger partial charge in [0.1, 0.15) is 12.4 Å². The second-order valence-electron chi connectivity index (χ2n) is 7.72. The predicted octanol–water partition coefficient (Wildman–Crippen LogP) is 5.10. The zero-order valence-electron chi connectivity index (χ0n) is 19.2. The number of ether oxygens (including phenoxy) is 1. The molecule has 35 heavy (non-hydrogen) atoms. The van der Waals surface area contributed by atoms with E-state index >= 15 is 0 Å². The highest BCUT2D eigenvalue weighted by Crippen LogP contribution is 2.25. The minimum absolute atomic E-state index is 0.0474. The van der Waals surface area contributed by atoms with Crippen LogP contribution in [0.5, 0.6) is 5.75 Å². The van der Waals surface area contributed by atoms with Crippen LogP contribution in [0, 0.1) is 24.0 Å². The first-order valence-electron chi connectivity index (χ1n) is 10.8. The Labute approximate surface area is 206 Å². The number of amides is 1. The Morgan fingerprint density at radius 2 is 1.77 bits per heavy atom. The molecule has 0 fully saturated rings. The minimum Gasteiger partial charge on any atom is -0.485 e. The third-order valence-electron chi connectivity index (χ3n) is 5.20. The smallest absolute Gasteiger partial charge is 0.271 e. The van der Waals surface area contributed by atoms with Crippen molar-refractivity contribution in [1.82, 2.24) is 14.8 Å². The van der Waals surface area contributed by atoms with Crippen molar-refractivity contribution < 1.29 is 14.5 Å². The van der Waals surface area contributed by atoms with Gasteiger partial charge in [0, 0.05) is 17.8 Å². The summed E-state index contributed by atoms with van der Waals surface area (Å²) in [6, 6.07) is 21.7. The van der Waals surface area contributed by atoms with Crippen LogP contribution in [-0.2, 0) is 11.4 Å². The lowest BCUT2D eigenvalue weighted by atomic mass is 10.2. The van der Waals surface area contributed by atoms with E-state index in [1.807, 2.05) is 66.1 Å². The molecule has 0 saturated heterocycles. The van der Waals surface area contributed by atoms with Crippen LogP contribution in [0.25, 0.3) is 5.69 Å². The molecule has 0 spiro atoms. The molecule has 4 aromatic rings. The molecule has 0 aliphatic rings. The first-order valence-corrected chi connectivity index (χ1v) is 11.8. The Hall–Kier alpha value is -4.18. The van der Waals surface area contributed by atoms with Crippen molar-refractivity contribution in [3.8, 4) is 11.4 Å². The minimum atomic E-state index is -0.493. The van der Waals surface area contributed by atoms with Gasteiger partial charge >= 0.3 is 0 Å². The van der Waals surface area contributed by atoms with Gasteiger partial charge in [-0.15, -0.1) is 10.2 Å². The molecule has 178 valence electrons. The number of anilines is 1. The number of para-hydroxylation sites is 2. The van der Waals surface area contributed by atoms with E-state index in [0.717, 1.165) is 22.6 Å². The molecule has 0 atom stereocenters. The molecule has 0 saturated carbocycles. The monoisotopic (exact) mass is 489 g/mol. The van der Waals surface area contributed by atoms with Gasteiger partial charge in [0.25, 0.3) is 5.69 Å². The van der Waals surface area contributed by atoms with E-state index in [4.69, 9.17) is 4.74 Å². The summed E-state index contributed by atoms with van der Waals surface area (Å²) in [5.41, 5.74) is 2.92. The van der Waals surface area contributed by atoms with Crippen LogP contribution in [0.15, 0.2) is 78.0 Å². The van der Waals surface area contributed by atoms with Gasteiger partial charge in [-0.3, -0.25) is 19.5 Å². The van der Waals surface area contributed by atoms with E-state index in [9.17, 15) is 14.9 Å². The number of non-ortho nitro benzene ring substituents is 1. The third-order valence-corrected chi connectivity index (χ3v) is 6.13. The highest BCUT2D eigenvalue weighted by molar-refractivity contribution is 7.99. The summed E-state index contributed by atoms with van der Waals surface area (Å²) in [7, 11) is 0. The van der Waals surface area contributed by atoms with E-state index in [1.165, 1.54) is 23.9 Å². The number of aromatic nitrogens is 3. The normalized spacial score (nSPS) is 10.7. The van der Waals surface area contributed by atoms with Crippen molar-refractivity contribution in [3.63, 3.8) is 0 Å².